The molecule has 0 spiro atoms. The lowest BCUT2D eigenvalue weighted by Crippen LogP contribution is -2.37. The fourth-order valence-corrected chi connectivity index (χ4v) is 3.42. The molecule has 0 radical (unpaired) electrons. The summed E-state index contributed by atoms with van der Waals surface area (Å²) >= 11 is 2.65. The van der Waals surface area contributed by atoms with Crippen molar-refractivity contribution in [2.75, 3.05) is 13.6 Å². The van der Waals surface area contributed by atoms with Gasteiger partial charge in [0.05, 0.1) is 11.6 Å². The summed E-state index contributed by atoms with van der Waals surface area (Å²) in [4.78, 5) is 13.2. The monoisotopic (exact) mass is 505 g/mol. The van der Waals surface area contributed by atoms with Gasteiger partial charge in [-0.1, -0.05) is 6.92 Å². The second kappa shape index (κ2) is 10.3. The lowest BCUT2D eigenvalue weighted by Gasteiger charge is -2.10. The van der Waals surface area contributed by atoms with Crippen LogP contribution in [0.3, 0.4) is 0 Å². The second-order valence-electron chi connectivity index (χ2n) is 4.80. The third-order valence-corrected chi connectivity index (χ3v) is 5.10. The first-order chi connectivity index (χ1) is 11.4. The minimum Gasteiger partial charge on any atom is -0.356 e. The van der Waals surface area contributed by atoms with Crippen molar-refractivity contribution in [2.45, 2.75) is 32.5 Å². The van der Waals surface area contributed by atoms with E-state index in [1.807, 2.05) is 6.20 Å². The fourth-order valence-electron chi connectivity index (χ4n) is 1.82. The molecule has 25 heavy (non-hydrogen) atoms. The number of guanidine groups is 1. The van der Waals surface area contributed by atoms with Crippen LogP contribution in [-0.2, 0) is 25.6 Å². The van der Waals surface area contributed by atoms with Gasteiger partial charge in [0.25, 0.3) is 0 Å². The zero-order chi connectivity index (χ0) is 17.6. The number of alkyl halides is 3. The van der Waals surface area contributed by atoms with E-state index in [1.54, 1.807) is 18.4 Å². The van der Waals surface area contributed by atoms with Gasteiger partial charge in [0, 0.05) is 36.5 Å². The molecule has 0 aliphatic heterocycles. The Morgan fingerprint density at radius 2 is 2.04 bits per heavy atom. The number of aliphatic imine (C=N–C) groups is 1. The number of aromatic nitrogens is 2. The average molecular weight is 505 g/mol. The first kappa shape index (κ1) is 22.1. The van der Waals surface area contributed by atoms with Gasteiger partial charge < -0.3 is 10.6 Å². The second-order valence-corrected chi connectivity index (χ2v) is 6.94. The highest BCUT2D eigenvalue weighted by molar-refractivity contribution is 14.0. The fraction of sp³-hybridized carbons (Fsp3) is 0.500. The molecule has 5 nitrogen and oxygen atoms in total. The number of hydrogen-bond donors (Lipinski definition) is 2. The van der Waals surface area contributed by atoms with Gasteiger partial charge in [-0.15, -0.1) is 46.7 Å². The lowest BCUT2D eigenvalue weighted by atomic mass is 10.4. The predicted octanol–water partition coefficient (Wildman–Crippen LogP) is 3.71. The van der Waals surface area contributed by atoms with Crippen molar-refractivity contribution in [3.05, 3.63) is 32.2 Å². The van der Waals surface area contributed by atoms with Gasteiger partial charge in [-0.05, 0) is 6.42 Å². The lowest BCUT2D eigenvalue weighted by molar-refractivity contribution is -0.140. The van der Waals surface area contributed by atoms with E-state index in [0.29, 0.717) is 30.5 Å². The van der Waals surface area contributed by atoms with E-state index >= 15 is 0 Å². The summed E-state index contributed by atoms with van der Waals surface area (Å²) in [6.45, 7) is 3.08. The number of hydrogen-bond acceptors (Lipinski definition) is 5. The Hall–Kier alpha value is -0.950. The van der Waals surface area contributed by atoms with E-state index in [9.17, 15) is 13.2 Å². The summed E-state index contributed by atoms with van der Waals surface area (Å²) in [7, 11) is 1.64. The van der Waals surface area contributed by atoms with E-state index in [2.05, 4.69) is 32.5 Å². The van der Waals surface area contributed by atoms with Crippen molar-refractivity contribution in [1.29, 1.82) is 0 Å². The molecular formula is C14H19F3IN5S2. The largest absolute Gasteiger partial charge is 0.434 e. The van der Waals surface area contributed by atoms with Crippen molar-refractivity contribution in [3.63, 3.8) is 0 Å². The van der Waals surface area contributed by atoms with E-state index < -0.39 is 11.9 Å². The van der Waals surface area contributed by atoms with Crippen molar-refractivity contribution in [3.8, 4) is 0 Å². The van der Waals surface area contributed by atoms with Crippen molar-refractivity contribution in [1.82, 2.24) is 20.6 Å². The minimum atomic E-state index is -4.38. The summed E-state index contributed by atoms with van der Waals surface area (Å²) in [6.07, 6.45) is -1.17. The van der Waals surface area contributed by atoms with Gasteiger partial charge >= 0.3 is 6.18 Å². The molecule has 11 heteroatoms. The molecule has 2 N–H and O–H groups in total. The van der Waals surface area contributed by atoms with Gasteiger partial charge in [0.2, 0.25) is 0 Å². The van der Waals surface area contributed by atoms with Crippen LogP contribution in [0.5, 0.6) is 0 Å². The van der Waals surface area contributed by atoms with Gasteiger partial charge in [-0.2, -0.15) is 13.2 Å². The maximum atomic E-state index is 12.5. The molecule has 0 aromatic carbocycles. The maximum absolute atomic E-state index is 12.5. The molecule has 0 amide bonds. The quantitative estimate of drug-likeness (QED) is 0.357. The van der Waals surface area contributed by atoms with Gasteiger partial charge in [0.1, 0.15) is 5.01 Å². The van der Waals surface area contributed by atoms with E-state index in [1.165, 1.54) is 4.88 Å². The Balaban J connectivity index is 0.00000312. The Kier molecular flexibility index (Phi) is 9.07. The Bertz CT molecular complexity index is 684. The molecule has 0 unspecified atom stereocenters. The number of nitrogens with one attached hydrogen (secondary N) is 2. The molecule has 2 heterocycles. The number of rotatable bonds is 6. The van der Waals surface area contributed by atoms with Crippen LogP contribution in [0.2, 0.25) is 0 Å². The predicted molar refractivity (Wildman–Crippen MR) is 106 cm³/mol. The van der Waals surface area contributed by atoms with Crippen LogP contribution < -0.4 is 10.6 Å². The number of nitrogens with zero attached hydrogens (tertiary/aromatic N) is 3. The molecule has 0 atom stereocenters. The smallest absolute Gasteiger partial charge is 0.356 e. The summed E-state index contributed by atoms with van der Waals surface area (Å²) in [5, 5.41) is 8.63. The Morgan fingerprint density at radius 3 is 2.60 bits per heavy atom. The molecule has 2 aromatic rings. The number of halogens is 4. The van der Waals surface area contributed by atoms with Crippen LogP contribution in [-0.4, -0.2) is 29.5 Å². The molecule has 0 saturated heterocycles. The zero-order valence-corrected chi connectivity index (χ0v) is 17.6. The number of aryl methyl sites for hydroxylation is 1. The van der Waals surface area contributed by atoms with Crippen LogP contribution in [0.1, 0.15) is 27.5 Å². The molecule has 0 saturated carbocycles. The van der Waals surface area contributed by atoms with Crippen LogP contribution in [0.15, 0.2) is 16.6 Å². The van der Waals surface area contributed by atoms with Gasteiger partial charge in [-0.3, -0.25) is 4.99 Å². The average Bonchev–Trinajstić information content (AvgIpc) is 3.19. The molecular weight excluding hydrogens is 486 g/mol. The zero-order valence-electron chi connectivity index (χ0n) is 13.7. The minimum absolute atomic E-state index is 0. The van der Waals surface area contributed by atoms with Crippen molar-refractivity contribution in [2.24, 2.45) is 4.99 Å². The molecule has 0 aliphatic carbocycles. The molecule has 2 rings (SSSR count). The summed E-state index contributed by atoms with van der Waals surface area (Å²) < 4.78 is 37.5. The first-order valence-electron chi connectivity index (χ1n) is 7.32. The highest BCUT2D eigenvalue weighted by atomic mass is 127. The van der Waals surface area contributed by atoms with E-state index in [4.69, 9.17) is 0 Å². The molecule has 140 valence electrons. The SMILES string of the molecule is CCc1cnc(CNC(=NC)NCCc2nc(C(F)(F)F)cs2)s1.I. The van der Waals surface area contributed by atoms with E-state index in [0.717, 1.165) is 28.1 Å². The van der Waals surface area contributed by atoms with Crippen LogP contribution in [0.4, 0.5) is 13.2 Å². The van der Waals surface area contributed by atoms with Crippen LogP contribution in [0, 0.1) is 0 Å². The third kappa shape index (κ3) is 7.05. The Labute approximate surface area is 169 Å². The summed E-state index contributed by atoms with van der Waals surface area (Å²) in [5.41, 5.74) is -0.833. The third-order valence-electron chi connectivity index (χ3n) is 3.05. The normalized spacial score (nSPS) is 12.0. The van der Waals surface area contributed by atoms with Crippen molar-refractivity contribution >= 4 is 52.6 Å². The van der Waals surface area contributed by atoms with E-state index in [-0.39, 0.29) is 24.0 Å². The topological polar surface area (TPSA) is 62.2 Å². The van der Waals surface area contributed by atoms with Gasteiger partial charge in [0.15, 0.2) is 11.7 Å². The Morgan fingerprint density at radius 1 is 1.28 bits per heavy atom. The maximum Gasteiger partial charge on any atom is 0.434 e. The molecule has 0 fully saturated rings. The molecule has 0 aliphatic rings. The highest BCUT2D eigenvalue weighted by Gasteiger charge is 2.33. The van der Waals surface area contributed by atoms with Crippen LogP contribution >= 0.6 is 46.7 Å². The van der Waals surface area contributed by atoms with Gasteiger partial charge in [-0.25, -0.2) is 9.97 Å². The highest BCUT2D eigenvalue weighted by Crippen LogP contribution is 2.29. The standard InChI is InChI=1S/C14H18F3N5S2.HI/c1-3-9-6-20-12(24-9)7-21-13(18-2)19-5-4-11-22-10(8-23-11)14(15,16)17;/h6,8H,3-5,7H2,1-2H3,(H2,18,19,21);1H. The number of thiazole rings is 2. The first-order valence-corrected chi connectivity index (χ1v) is 9.01. The van der Waals surface area contributed by atoms with Crippen LogP contribution in [0.25, 0.3) is 0 Å². The molecule has 0 bridgehead atoms. The summed E-state index contributed by atoms with van der Waals surface area (Å²) in [6, 6.07) is 0. The summed E-state index contributed by atoms with van der Waals surface area (Å²) in [5.74, 6) is 0.579. The van der Waals surface area contributed by atoms with Crippen molar-refractivity contribution < 1.29 is 13.2 Å². The molecule has 2 aromatic heterocycles.